The zero-order valence-electron chi connectivity index (χ0n) is 14.4. The summed E-state index contributed by atoms with van der Waals surface area (Å²) >= 11 is 0. The van der Waals surface area contributed by atoms with Gasteiger partial charge in [0.2, 0.25) is 0 Å². The van der Waals surface area contributed by atoms with Gasteiger partial charge in [0.15, 0.2) is 0 Å². The van der Waals surface area contributed by atoms with E-state index >= 15 is 0 Å². The first-order chi connectivity index (χ1) is 11.9. The Bertz CT molecular complexity index is 757. The van der Waals surface area contributed by atoms with Gasteiger partial charge in [0.25, 0.3) is 0 Å². The third kappa shape index (κ3) is 5.26. The minimum absolute atomic E-state index is 0. The van der Waals surface area contributed by atoms with E-state index in [0.717, 1.165) is 43.0 Å². The first-order valence-electron chi connectivity index (χ1n) is 8.19. The Morgan fingerprint density at radius 1 is 1.12 bits per heavy atom. The summed E-state index contributed by atoms with van der Waals surface area (Å²) in [4.78, 5) is 2.15. The zero-order valence-corrected chi connectivity index (χ0v) is 15.2. The second kappa shape index (κ2) is 8.60. The van der Waals surface area contributed by atoms with Crippen molar-refractivity contribution in [2.75, 3.05) is 20.2 Å². The van der Waals surface area contributed by atoms with Crippen molar-refractivity contribution in [3.8, 4) is 5.75 Å². The van der Waals surface area contributed by atoms with Crippen LogP contribution in [0.1, 0.15) is 22.3 Å². The average Bonchev–Trinajstić information content (AvgIpc) is 3.02. The molecule has 1 aliphatic rings. The molecule has 0 radical (unpaired) electrons. The van der Waals surface area contributed by atoms with Crippen LogP contribution in [0.5, 0.6) is 5.75 Å². The number of alkyl halides is 3. The fraction of sp³-hybridized carbons (Fsp3) is 0.300. The van der Waals surface area contributed by atoms with E-state index in [1.54, 1.807) is 0 Å². The van der Waals surface area contributed by atoms with Gasteiger partial charge in [0.05, 0.1) is 12.2 Å². The molecule has 2 aromatic rings. The number of nitrogens with zero attached hydrogens (tertiary/aromatic N) is 1. The summed E-state index contributed by atoms with van der Waals surface area (Å²) in [5.41, 5.74) is 2.62. The molecular weight excluding hydrogens is 363 g/mol. The van der Waals surface area contributed by atoms with Gasteiger partial charge in [-0.25, -0.2) is 0 Å². The number of hydrogen-bond acceptors (Lipinski definition) is 2. The monoisotopic (exact) mass is 383 g/mol. The van der Waals surface area contributed by atoms with Crippen molar-refractivity contribution in [1.82, 2.24) is 4.90 Å². The maximum Gasteiger partial charge on any atom is 0.416 e. The van der Waals surface area contributed by atoms with Gasteiger partial charge in [-0.15, -0.1) is 12.4 Å². The average molecular weight is 384 g/mol. The van der Waals surface area contributed by atoms with E-state index in [1.807, 2.05) is 25.3 Å². The quantitative estimate of drug-likeness (QED) is 0.703. The summed E-state index contributed by atoms with van der Waals surface area (Å²) in [5, 5.41) is 0. The number of likely N-dealkylation sites (N-methyl/N-ethyl adjacent to an activating group) is 1. The first kappa shape index (κ1) is 20.3. The number of rotatable bonds is 5. The molecule has 0 N–H and O–H groups in total. The largest absolute Gasteiger partial charge is 0.493 e. The van der Waals surface area contributed by atoms with Crippen LogP contribution in [0.2, 0.25) is 0 Å². The molecule has 140 valence electrons. The Morgan fingerprint density at radius 2 is 1.85 bits per heavy atom. The number of fused-ring (bicyclic) bond motifs is 1. The third-order valence-corrected chi connectivity index (χ3v) is 4.17. The lowest BCUT2D eigenvalue weighted by molar-refractivity contribution is -0.137. The van der Waals surface area contributed by atoms with E-state index in [-0.39, 0.29) is 12.4 Å². The molecule has 0 aliphatic carbocycles. The normalized spacial score (nSPS) is 13.6. The molecule has 0 amide bonds. The molecule has 0 atom stereocenters. The highest BCUT2D eigenvalue weighted by Crippen LogP contribution is 2.29. The molecule has 26 heavy (non-hydrogen) atoms. The summed E-state index contributed by atoms with van der Waals surface area (Å²) in [6, 6.07) is 11.5. The van der Waals surface area contributed by atoms with Gasteiger partial charge in [0.1, 0.15) is 5.75 Å². The highest BCUT2D eigenvalue weighted by molar-refractivity contribution is 5.85. The molecule has 1 aliphatic heterocycles. The minimum Gasteiger partial charge on any atom is -0.493 e. The maximum absolute atomic E-state index is 12.5. The van der Waals surface area contributed by atoms with Crippen molar-refractivity contribution in [2.24, 2.45) is 0 Å². The molecule has 0 saturated carbocycles. The van der Waals surface area contributed by atoms with Crippen LogP contribution in [-0.2, 0) is 19.1 Å². The van der Waals surface area contributed by atoms with Crippen LogP contribution in [0, 0.1) is 0 Å². The van der Waals surface area contributed by atoms with Crippen LogP contribution >= 0.6 is 12.4 Å². The van der Waals surface area contributed by atoms with E-state index in [4.69, 9.17) is 4.74 Å². The summed E-state index contributed by atoms with van der Waals surface area (Å²) in [6.07, 6.45) is 0.469. The van der Waals surface area contributed by atoms with Crippen molar-refractivity contribution in [3.05, 3.63) is 70.8 Å². The molecule has 0 saturated heterocycles. The Balaban J connectivity index is 0.00000243. The van der Waals surface area contributed by atoms with Crippen LogP contribution in [0.25, 0.3) is 6.08 Å². The molecule has 6 heteroatoms. The van der Waals surface area contributed by atoms with Gasteiger partial charge in [-0.1, -0.05) is 36.4 Å². The van der Waals surface area contributed by atoms with Gasteiger partial charge in [-0.2, -0.15) is 13.2 Å². The van der Waals surface area contributed by atoms with E-state index in [1.165, 1.54) is 23.3 Å². The molecule has 0 aromatic heterocycles. The summed E-state index contributed by atoms with van der Waals surface area (Å²) < 4.78 is 43.1. The van der Waals surface area contributed by atoms with Gasteiger partial charge >= 0.3 is 6.18 Å². The Hall–Kier alpha value is -1.98. The van der Waals surface area contributed by atoms with Crippen LogP contribution in [0.4, 0.5) is 13.2 Å². The van der Waals surface area contributed by atoms with Crippen LogP contribution in [0.3, 0.4) is 0 Å². The van der Waals surface area contributed by atoms with Gasteiger partial charge < -0.3 is 4.74 Å². The number of ether oxygens (including phenoxy) is 1. The summed E-state index contributed by atoms with van der Waals surface area (Å²) in [7, 11) is 2.01. The highest BCUT2D eigenvalue weighted by atomic mass is 35.5. The zero-order chi connectivity index (χ0) is 17.9. The van der Waals surface area contributed by atoms with Gasteiger partial charge in [-0.3, -0.25) is 4.90 Å². The molecule has 0 bridgehead atoms. The summed E-state index contributed by atoms with van der Waals surface area (Å²) in [5.74, 6) is 0.980. The molecule has 0 unspecified atom stereocenters. The van der Waals surface area contributed by atoms with E-state index in [9.17, 15) is 13.2 Å². The molecular formula is C20H21ClF3NO. The maximum atomic E-state index is 12.5. The molecule has 2 nitrogen and oxygen atoms in total. The molecule has 3 rings (SSSR count). The smallest absolute Gasteiger partial charge is 0.416 e. The first-order valence-corrected chi connectivity index (χ1v) is 8.19. The van der Waals surface area contributed by atoms with Crippen LogP contribution < -0.4 is 4.74 Å². The minimum atomic E-state index is -4.29. The fourth-order valence-electron chi connectivity index (χ4n) is 2.87. The van der Waals surface area contributed by atoms with Crippen molar-refractivity contribution >= 4 is 18.5 Å². The standard InChI is InChI=1S/C20H20F3NO.ClH/c1-24(14-16-6-9-19-17(13-16)10-12-25-19)11-2-3-15-4-7-18(8-5-15)20(21,22)23;/h2-9,13H,10-12,14H2,1H3;1H/b3-2+;. The number of hydrogen-bond donors (Lipinski definition) is 0. The lowest BCUT2D eigenvalue weighted by Gasteiger charge is -2.15. The molecule has 0 spiro atoms. The fourth-order valence-corrected chi connectivity index (χ4v) is 2.87. The summed E-state index contributed by atoms with van der Waals surface area (Å²) in [6.45, 7) is 2.28. The van der Waals surface area contributed by atoms with Crippen molar-refractivity contribution in [3.63, 3.8) is 0 Å². The predicted molar refractivity (Wildman–Crippen MR) is 99.7 cm³/mol. The highest BCUT2D eigenvalue weighted by Gasteiger charge is 2.29. The van der Waals surface area contributed by atoms with Crippen LogP contribution in [0.15, 0.2) is 48.5 Å². The lowest BCUT2D eigenvalue weighted by Crippen LogP contribution is -2.17. The van der Waals surface area contributed by atoms with Crippen LogP contribution in [-0.4, -0.2) is 25.1 Å². The Morgan fingerprint density at radius 3 is 2.54 bits per heavy atom. The topological polar surface area (TPSA) is 12.5 Å². The van der Waals surface area contributed by atoms with Crippen molar-refractivity contribution in [1.29, 1.82) is 0 Å². The van der Waals surface area contributed by atoms with E-state index < -0.39 is 11.7 Å². The molecule has 1 heterocycles. The predicted octanol–water partition coefficient (Wildman–Crippen LogP) is 5.21. The van der Waals surface area contributed by atoms with Crippen molar-refractivity contribution in [2.45, 2.75) is 19.1 Å². The Labute approximate surface area is 157 Å². The van der Waals surface area contributed by atoms with Crippen molar-refractivity contribution < 1.29 is 17.9 Å². The second-order valence-corrected chi connectivity index (χ2v) is 6.26. The lowest BCUT2D eigenvalue weighted by atomic mass is 10.1. The van der Waals surface area contributed by atoms with E-state index in [2.05, 4.69) is 17.0 Å². The van der Waals surface area contributed by atoms with Gasteiger partial charge in [0, 0.05) is 19.5 Å². The second-order valence-electron chi connectivity index (χ2n) is 6.26. The SMILES string of the molecule is CN(C/C=C/c1ccc(C(F)(F)F)cc1)Cc1ccc2c(c1)CCO2.Cl. The Kier molecular flexibility index (Phi) is 6.73. The number of halogens is 4. The van der Waals surface area contributed by atoms with E-state index in [0.29, 0.717) is 6.54 Å². The van der Waals surface area contributed by atoms with Gasteiger partial charge in [-0.05, 0) is 41.9 Å². The third-order valence-electron chi connectivity index (χ3n) is 4.17. The number of benzene rings is 2. The molecule has 0 fully saturated rings. The molecule has 2 aromatic carbocycles.